The largest absolute Gasteiger partial charge is 2.00 e. The van der Waals surface area contributed by atoms with Crippen LogP contribution in [0.3, 0.4) is 0 Å². The Morgan fingerprint density at radius 2 is 0.571 bits per heavy atom. The Labute approximate surface area is 180 Å². The van der Waals surface area contributed by atoms with Crippen molar-refractivity contribution in [2.24, 2.45) is 0 Å². The summed E-state index contributed by atoms with van der Waals surface area (Å²) in [7, 11) is -10.8. The standard InChI is InChI=1S/3Ca.Fe.2H3O4P/c;;;;2*1-5(2,3)4/h;;;;2*(H3,1,2,3,4)/q3*+2;;;/p-6. The minimum absolute atomic E-state index is 0. The van der Waals surface area contributed by atoms with E-state index >= 15 is 0 Å². The van der Waals surface area contributed by atoms with Crippen molar-refractivity contribution in [2.45, 2.75) is 0 Å². The van der Waals surface area contributed by atoms with E-state index in [0.29, 0.717) is 0 Å². The summed E-state index contributed by atoms with van der Waals surface area (Å²) in [5.41, 5.74) is 0. The molecule has 0 fully saturated rings. The molecule has 0 aliphatic rings. The minimum Gasteiger partial charge on any atom is -0.822 e. The van der Waals surface area contributed by atoms with Crippen molar-refractivity contribution in [3.63, 3.8) is 0 Å². The zero-order valence-electron chi connectivity index (χ0n) is 6.64. The van der Waals surface area contributed by atoms with Gasteiger partial charge in [-0.25, -0.2) is 0 Å². The van der Waals surface area contributed by atoms with Crippen LogP contribution >= 0.6 is 15.6 Å². The maximum Gasteiger partial charge on any atom is 2.00 e. The third-order valence-corrected chi connectivity index (χ3v) is 0. The molecule has 0 aromatic heterocycles. The first kappa shape index (κ1) is 36.3. The Balaban J connectivity index is -0.0000000178. The van der Waals surface area contributed by atoms with Gasteiger partial charge in [0.15, 0.2) is 0 Å². The number of rotatable bonds is 0. The molecular weight excluding hydrogens is 366 g/mol. The first-order valence-electron chi connectivity index (χ1n) is 1.46. The monoisotopic (exact) mass is 366 g/mol. The van der Waals surface area contributed by atoms with E-state index in [1.807, 2.05) is 0 Å². The van der Waals surface area contributed by atoms with Crippen molar-refractivity contribution >= 4 is 129 Å². The van der Waals surface area contributed by atoms with E-state index in [2.05, 4.69) is 0 Å². The predicted octanol–water partition coefficient (Wildman–Crippen LogP) is -6.79. The summed E-state index contributed by atoms with van der Waals surface area (Å²) < 4.78 is 17.1. The van der Waals surface area contributed by atoms with Crippen molar-refractivity contribution < 1.29 is 55.6 Å². The molecule has 14 heteroatoms. The molecule has 0 amide bonds. The number of phosphoric acid groups is 2. The molecule has 0 heterocycles. The maximum atomic E-state index is 8.55. The SMILES string of the molecule is O=P([O-])([O-])[O-].O=P([O-])([O-])[O-].[Ca+2].[Ca+2].[Ca+2].[Fe]. The Morgan fingerprint density at radius 1 is 0.571 bits per heavy atom. The fourth-order valence-corrected chi connectivity index (χ4v) is 0. The van der Waals surface area contributed by atoms with Gasteiger partial charge < -0.3 is 38.5 Å². The van der Waals surface area contributed by atoms with E-state index in [1.165, 1.54) is 0 Å². The van der Waals surface area contributed by atoms with Gasteiger partial charge in [-0.3, -0.25) is 0 Å². The Bertz CT molecular complexity index is 135. The molecule has 0 unspecified atom stereocenters. The second-order valence-electron chi connectivity index (χ2n) is 0.894. The summed E-state index contributed by atoms with van der Waals surface area (Å²) in [5, 5.41) is 0. The minimum atomic E-state index is -5.39. The van der Waals surface area contributed by atoms with Gasteiger partial charge in [0.2, 0.25) is 0 Å². The third kappa shape index (κ3) is 195. The second-order valence-corrected chi connectivity index (χ2v) is 2.68. The average molecular weight is 366 g/mol. The molecule has 0 saturated heterocycles. The summed E-state index contributed by atoms with van der Waals surface area (Å²) >= 11 is 0. The summed E-state index contributed by atoms with van der Waals surface area (Å²) in [4.78, 5) is 51.3. The summed E-state index contributed by atoms with van der Waals surface area (Å²) in [5.74, 6) is 0. The summed E-state index contributed by atoms with van der Waals surface area (Å²) in [6, 6.07) is 0. The Morgan fingerprint density at radius 3 is 0.571 bits per heavy atom. The molecule has 0 radical (unpaired) electrons. The van der Waals surface area contributed by atoms with Crippen LogP contribution in [0.2, 0.25) is 0 Å². The van der Waals surface area contributed by atoms with Crippen molar-refractivity contribution in [2.75, 3.05) is 0 Å². The molecule has 8 nitrogen and oxygen atoms in total. The van der Waals surface area contributed by atoms with Crippen LogP contribution in [0.4, 0.5) is 0 Å². The first-order chi connectivity index (χ1) is 4.00. The van der Waals surface area contributed by atoms with Crippen LogP contribution in [0.15, 0.2) is 0 Å². The van der Waals surface area contributed by atoms with Gasteiger partial charge in [0, 0.05) is 17.1 Å². The average Bonchev–Trinajstić information content (AvgIpc) is 1.12. The van der Waals surface area contributed by atoms with Gasteiger partial charge in [-0.05, 0) is 0 Å². The molecule has 0 spiro atoms. The van der Waals surface area contributed by atoms with Crippen molar-refractivity contribution in [1.82, 2.24) is 0 Å². The molecule has 0 bridgehead atoms. The first-order valence-corrected chi connectivity index (χ1v) is 4.38. The maximum absolute atomic E-state index is 8.55. The zero-order valence-corrected chi connectivity index (χ0v) is 16.2. The number of hydrogen-bond acceptors (Lipinski definition) is 8. The van der Waals surface area contributed by atoms with E-state index < -0.39 is 15.6 Å². The molecule has 0 atom stereocenters. The molecule has 0 aliphatic heterocycles. The molecular formula is Ca3FeO8P2. The van der Waals surface area contributed by atoms with Gasteiger partial charge in [0.25, 0.3) is 0 Å². The molecule has 0 rings (SSSR count). The van der Waals surface area contributed by atoms with Crippen molar-refractivity contribution in [3.05, 3.63) is 0 Å². The van der Waals surface area contributed by atoms with Crippen LogP contribution < -0.4 is 29.4 Å². The van der Waals surface area contributed by atoms with E-state index in [4.69, 9.17) is 38.5 Å². The molecule has 72 valence electrons. The van der Waals surface area contributed by atoms with E-state index in [0.717, 1.165) is 0 Å². The van der Waals surface area contributed by atoms with Gasteiger partial charge in [0.1, 0.15) is 0 Å². The van der Waals surface area contributed by atoms with Crippen LogP contribution in [0.25, 0.3) is 0 Å². The summed E-state index contributed by atoms with van der Waals surface area (Å²) in [6.45, 7) is 0. The normalized spacial score (nSPS) is 8.43. The van der Waals surface area contributed by atoms with Crippen molar-refractivity contribution in [3.8, 4) is 0 Å². The van der Waals surface area contributed by atoms with E-state index in [-0.39, 0.29) is 130 Å². The second kappa shape index (κ2) is 17.5. The molecule has 14 heavy (non-hydrogen) atoms. The quantitative estimate of drug-likeness (QED) is 0.300. The molecule has 0 aromatic carbocycles. The van der Waals surface area contributed by atoms with Gasteiger partial charge >= 0.3 is 113 Å². The van der Waals surface area contributed by atoms with Crippen LogP contribution in [-0.2, 0) is 26.2 Å². The summed E-state index contributed by atoms with van der Waals surface area (Å²) in [6.07, 6.45) is 0. The predicted molar refractivity (Wildman–Crippen MR) is 32.5 cm³/mol. The molecule has 0 N–H and O–H groups in total. The molecule has 0 aromatic rings. The Hall–Kier alpha value is 4.52. The van der Waals surface area contributed by atoms with Crippen molar-refractivity contribution in [1.29, 1.82) is 0 Å². The van der Waals surface area contributed by atoms with E-state index in [9.17, 15) is 0 Å². The Kier molecular flexibility index (Phi) is 45.4. The van der Waals surface area contributed by atoms with E-state index in [1.54, 1.807) is 0 Å². The van der Waals surface area contributed by atoms with Crippen LogP contribution in [0.5, 0.6) is 0 Å². The zero-order chi connectivity index (χ0) is 9.00. The molecule has 0 aliphatic carbocycles. The van der Waals surface area contributed by atoms with Gasteiger partial charge in [-0.1, -0.05) is 0 Å². The fraction of sp³-hybridized carbons (Fsp3) is 0. The fourth-order valence-electron chi connectivity index (χ4n) is 0. The van der Waals surface area contributed by atoms with Crippen LogP contribution in [-0.4, -0.2) is 113 Å². The van der Waals surface area contributed by atoms with Crippen LogP contribution in [0, 0.1) is 0 Å². The molecule has 0 saturated carbocycles. The van der Waals surface area contributed by atoms with Gasteiger partial charge in [-0.15, -0.1) is 0 Å². The smallest absolute Gasteiger partial charge is 0.822 e. The number of hydrogen-bond donors (Lipinski definition) is 0. The third-order valence-electron chi connectivity index (χ3n) is 0. The van der Waals surface area contributed by atoms with Gasteiger partial charge in [0.05, 0.1) is 0 Å². The van der Waals surface area contributed by atoms with Crippen LogP contribution in [0.1, 0.15) is 0 Å². The van der Waals surface area contributed by atoms with Gasteiger partial charge in [-0.2, -0.15) is 15.6 Å². The topological polar surface area (TPSA) is 172 Å².